The first kappa shape index (κ1) is 12.1. The Morgan fingerprint density at radius 1 is 1.44 bits per heavy atom. The minimum atomic E-state index is 0.424. The van der Waals surface area contributed by atoms with Crippen molar-refractivity contribution in [1.82, 2.24) is 5.32 Å². The summed E-state index contributed by atoms with van der Waals surface area (Å²) in [5, 5.41) is 3.45. The van der Waals surface area contributed by atoms with Gasteiger partial charge in [-0.05, 0) is 43.0 Å². The van der Waals surface area contributed by atoms with Crippen molar-refractivity contribution in [3.05, 3.63) is 33.8 Å². The van der Waals surface area contributed by atoms with Crippen molar-refractivity contribution in [2.24, 2.45) is 0 Å². The van der Waals surface area contributed by atoms with E-state index in [1.165, 1.54) is 24.0 Å². The van der Waals surface area contributed by atoms with E-state index >= 15 is 0 Å². The molecule has 0 amide bonds. The molecule has 2 nitrogen and oxygen atoms in total. The highest BCUT2D eigenvalue weighted by Crippen LogP contribution is 2.15. The largest absolute Gasteiger partial charge is 0.377 e. The van der Waals surface area contributed by atoms with Gasteiger partial charge in [-0.25, -0.2) is 0 Å². The van der Waals surface area contributed by atoms with Gasteiger partial charge in [0.2, 0.25) is 0 Å². The fourth-order valence-corrected chi connectivity index (χ4v) is 2.75. The van der Waals surface area contributed by atoms with E-state index in [9.17, 15) is 0 Å². The number of hydrogen-bond donors (Lipinski definition) is 1. The van der Waals surface area contributed by atoms with Gasteiger partial charge < -0.3 is 10.1 Å². The average molecular weight is 284 g/mol. The molecule has 0 bridgehead atoms. The van der Waals surface area contributed by atoms with Gasteiger partial charge in [0.15, 0.2) is 0 Å². The molecular formula is C13H18BrNO. The predicted octanol–water partition coefficient (Wildman–Crippen LogP) is 3.03. The summed E-state index contributed by atoms with van der Waals surface area (Å²) in [4.78, 5) is 0. The summed E-state index contributed by atoms with van der Waals surface area (Å²) < 4.78 is 6.72. The number of nitrogens with one attached hydrogen (secondary N) is 1. The van der Waals surface area contributed by atoms with Crippen LogP contribution in [0.1, 0.15) is 24.0 Å². The standard InChI is InChI=1S/C13H18BrNO/c1-10-5-11(7-12(14)6-10)8-15-9-13-3-2-4-16-13/h5-7,13,15H,2-4,8-9H2,1H3. The van der Waals surface area contributed by atoms with Crippen molar-refractivity contribution in [2.75, 3.05) is 13.2 Å². The molecule has 0 aliphatic carbocycles. The molecule has 88 valence electrons. The van der Waals surface area contributed by atoms with Crippen LogP contribution >= 0.6 is 15.9 Å². The minimum absolute atomic E-state index is 0.424. The van der Waals surface area contributed by atoms with Crippen LogP contribution in [0.25, 0.3) is 0 Å². The zero-order valence-electron chi connectivity index (χ0n) is 9.63. The maximum Gasteiger partial charge on any atom is 0.0700 e. The van der Waals surface area contributed by atoms with E-state index in [0.717, 1.165) is 24.2 Å². The van der Waals surface area contributed by atoms with Crippen LogP contribution in [0.15, 0.2) is 22.7 Å². The zero-order chi connectivity index (χ0) is 11.4. The lowest BCUT2D eigenvalue weighted by atomic mass is 10.1. The molecular weight excluding hydrogens is 266 g/mol. The van der Waals surface area contributed by atoms with Gasteiger partial charge >= 0.3 is 0 Å². The maximum atomic E-state index is 5.57. The SMILES string of the molecule is Cc1cc(Br)cc(CNCC2CCCO2)c1. The highest BCUT2D eigenvalue weighted by atomic mass is 79.9. The molecule has 16 heavy (non-hydrogen) atoms. The summed E-state index contributed by atoms with van der Waals surface area (Å²) in [6.07, 6.45) is 2.83. The molecule has 0 radical (unpaired) electrons. The molecule has 0 saturated carbocycles. The first-order valence-corrected chi connectivity index (χ1v) is 6.62. The highest BCUT2D eigenvalue weighted by Gasteiger charge is 2.14. The van der Waals surface area contributed by atoms with Crippen molar-refractivity contribution in [1.29, 1.82) is 0 Å². The van der Waals surface area contributed by atoms with E-state index in [-0.39, 0.29) is 0 Å². The topological polar surface area (TPSA) is 21.3 Å². The monoisotopic (exact) mass is 283 g/mol. The Balaban J connectivity index is 1.80. The Morgan fingerprint density at radius 3 is 3.00 bits per heavy atom. The van der Waals surface area contributed by atoms with Gasteiger partial charge in [0.05, 0.1) is 6.10 Å². The maximum absolute atomic E-state index is 5.57. The summed E-state index contributed by atoms with van der Waals surface area (Å²) in [5.74, 6) is 0. The zero-order valence-corrected chi connectivity index (χ0v) is 11.2. The quantitative estimate of drug-likeness (QED) is 0.917. The Hall–Kier alpha value is -0.380. The number of rotatable bonds is 4. The molecule has 1 aromatic carbocycles. The Bertz CT molecular complexity index is 328. The third-order valence-corrected chi connectivity index (χ3v) is 3.28. The predicted molar refractivity (Wildman–Crippen MR) is 69.6 cm³/mol. The number of halogens is 1. The van der Waals surface area contributed by atoms with Gasteiger partial charge in [-0.2, -0.15) is 0 Å². The van der Waals surface area contributed by atoms with Gasteiger partial charge in [0, 0.05) is 24.2 Å². The molecule has 3 heteroatoms. The molecule has 2 rings (SSSR count). The van der Waals surface area contributed by atoms with E-state index < -0.39 is 0 Å². The van der Waals surface area contributed by atoms with Crippen molar-refractivity contribution >= 4 is 15.9 Å². The number of hydrogen-bond acceptors (Lipinski definition) is 2. The number of benzene rings is 1. The normalized spacial score (nSPS) is 20.2. The van der Waals surface area contributed by atoms with E-state index in [2.05, 4.69) is 46.4 Å². The molecule has 1 fully saturated rings. The van der Waals surface area contributed by atoms with E-state index in [4.69, 9.17) is 4.74 Å². The molecule has 0 aromatic heterocycles. The van der Waals surface area contributed by atoms with Crippen molar-refractivity contribution < 1.29 is 4.74 Å². The summed E-state index contributed by atoms with van der Waals surface area (Å²) in [7, 11) is 0. The lowest BCUT2D eigenvalue weighted by Gasteiger charge is -2.11. The number of aryl methyl sites for hydroxylation is 1. The Morgan fingerprint density at radius 2 is 2.31 bits per heavy atom. The van der Waals surface area contributed by atoms with E-state index in [0.29, 0.717) is 6.10 Å². The van der Waals surface area contributed by atoms with Crippen LogP contribution in [0.2, 0.25) is 0 Å². The van der Waals surface area contributed by atoms with Crippen LogP contribution in [0.5, 0.6) is 0 Å². The van der Waals surface area contributed by atoms with Gasteiger partial charge in [-0.1, -0.05) is 22.0 Å². The smallest absolute Gasteiger partial charge is 0.0700 e. The second kappa shape index (κ2) is 5.80. The lowest BCUT2D eigenvalue weighted by Crippen LogP contribution is -2.25. The van der Waals surface area contributed by atoms with Gasteiger partial charge in [0.25, 0.3) is 0 Å². The molecule has 1 saturated heterocycles. The molecule has 1 aliphatic rings. The van der Waals surface area contributed by atoms with E-state index in [1.54, 1.807) is 0 Å². The van der Waals surface area contributed by atoms with Crippen LogP contribution in [0, 0.1) is 6.92 Å². The van der Waals surface area contributed by atoms with Crippen molar-refractivity contribution in [3.8, 4) is 0 Å². The lowest BCUT2D eigenvalue weighted by molar-refractivity contribution is 0.110. The molecule has 1 aliphatic heterocycles. The van der Waals surface area contributed by atoms with Crippen LogP contribution in [-0.4, -0.2) is 19.3 Å². The average Bonchev–Trinajstić information content (AvgIpc) is 2.69. The van der Waals surface area contributed by atoms with E-state index in [1.807, 2.05) is 0 Å². The second-order valence-electron chi connectivity index (χ2n) is 4.40. The molecule has 1 unspecified atom stereocenters. The third kappa shape index (κ3) is 3.58. The molecule has 1 aromatic rings. The van der Waals surface area contributed by atoms with Crippen LogP contribution in [0.4, 0.5) is 0 Å². The fourth-order valence-electron chi connectivity index (χ4n) is 2.10. The first-order chi connectivity index (χ1) is 7.74. The van der Waals surface area contributed by atoms with Crippen molar-refractivity contribution in [2.45, 2.75) is 32.4 Å². The molecule has 1 atom stereocenters. The molecule has 1 heterocycles. The van der Waals surface area contributed by atoms with Crippen LogP contribution < -0.4 is 5.32 Å². The minimum Gasteiger partial charge on any atom is -0.377 e. The van der Waals surface area contributed by atoms with Crippen LogP contribution in [-0.2, 0) is 11.3 Å². The highest BCUT2D eigenvalue weighted by molar-refractivity contribution is 9.10. The Kier molecular flexibility index (Phi) is 4.38. The summed E-state index contributed by atoms with van der Waals surface area (Å²) in [5.41, 5.74) is 2.62. The summed E-state index contributed by atoms with van der Waals surface area (Å²) >= 11 is 3.52. The van der Waals surface area contributed by atoms with Gasteiger partial charge in [-0.15, -0.1) is 0 Å². The molecule has 0 spiro atoms. The second-order valence-corrected chi connectivity index (χ2v) is 5.32. The fraction of sp³-hybridized carbons (Fsp3) is 0.538. The van der Waals surface area contributed by atoms with Gasteiger partial charge in [-0.3, -0.25) is 0 Å². The summed E-state index contributed by atoms with van der Waals surface area (Å²) in [6, 6.07) is 6.51. The van der Waals surface area contributed by atoms with Crippen LogP contribution in [0.3, 0.4) is 0 Å². The first-order valence-electron chi connectivity index (χ1n) is 5.82. The summed E-state index contributed by atoms with van der Waals surface area (Å²) in [6.45, 7) is 4.93. The van der Waals surface area contributed by atoms with Crippen molar-refractivity contribution in [3.63, 3.8) is 0 Å². The number of ether oxygens (including phenoxy) is 1. The Labute approximate surface area is 106 Å². The molecule has 1 N–H and O–H groups in total. The van der Waals surface area contributed by atoms with Gasteiger partial charge in [0.1, 0.15) is 0 Å². The third-order valence-electron chi connectivity index (χ3n) is 2.83.